The number of nitrogens with zero attached hydrogens (tertiary/aromatic N) is 4. The minimum absolute atomic E-state index is 0.0677. The van der Waals surface area contributed by atoms with Crippen molar-refractivity contribution in [2.24, 2.45) is 0 Å². The first-order valence-corrected chi connectivity index (χ1v) is 8.32. The van der Waals surface area contributed by atoms with Crippen molar-refractivity contribution >= 4 is 16.8 Å². The third-order valence-corrected chi connectivity index (χ3v) is 4.11. The molecule has 3 rings (SSSR count). The Balaban J connectivity index is 1.51. The third kappa shape index (κ3) is 4.12. The zero-order valence-corrected chi connectivity index (χ0v) is 14.2. The highest BCUT2D eigenvalue weighted by Gasteiger charge is 2.07. The lowest BCUT2D eigenvalue weighted by atomic mass is 10.1. The summed E-state index contributed by atoms with van der Waals surface area (Å²) in [5.74, 6) is -0.0677. The minimum atomic E-state index is -0.110. The second-order valence-corrected chi connectivity index (χ2v) is 5.97. The van der Waals surface area contributed by atoms with Crippen molar-refractivity contribution in [1.29, 1.82) is 0 Å². The molecule has 2 aromatic heterocycles. The molecule has 0 aliphatic rings. The Morgan fingerprint density at radius 3 is 2.92 bits per heavy atom. The number of aromatic nitrogens is 4. The molecule has 1 N–H and O–H groups in total. The van der Waals surface area contributed by atoms with Crippen molar-refractivity contribution in [2.75, 3.05) is 6.54 Å². The lowest BCUT2D eigenvalue weighted by Gasteiger charge is -2.08. The predicted molar refractivity (Wildman–Crippen MR) is 95.2 cm³/mol. The Bertz CT molecular complexity index is 915. The molecule has 3 aromatic rings. The maximum Gasteiger partial charge on any atom is 0.261 e. The molecular formula is C18H21N5O2. The first kappa shape index (κ1) is 16.9. The van der Waals surface area contributed by atoms with Crippen LogP contribution >= 0.6 is 0 Å². The van der Waals surface area contributed by atoms with Crippen molar-refractivity contribution in [3.8, 4) is 0 Å². The number of carbonyl (C=O) groups excluding carboxylic acids is 1. The van der Waals surface area contributed by atoms with Gasteiger partial charge in [0, 0.05) is 38.4 Å². The van der Waals surface area contributed by atoms with E-state index in [9.17, 15) is 9.59 Å². The van der Waals surface area contributed by atoms with Gasteiger partial charge in [0.05, 0.1) is 23.6 Å². The SMILES string of the molecule is Cc1cccc2c(=O)n(CCC(=O)NCCCn3ccnc3)cnc12. The van der Waals surface area contributed by atoms with Gasteiger partial charge < -0.3 is 9.88 Å². The zero-order chi connectivity index (χ0) is 17.6. The highest BCUT2D eigenvalue weighted by atomic mass is 16.1. The van der Waals surface area contributed by atoms with Crippen LogP contribution in [0.3, 0.4) is 0 Å². The summed E-state index contributed by atoms with van der Waals surface area (Å²) in [6.45, 7) is 3.66. The Morgan fingerprint density at radius 2 is 2.12 bits per heavy atom. The van der Waals surface area contributed by atoms with Gasteiger partial charge in [0.1, 0.15) is 0 Å². The normalized spacial score (nSPS) is 10.9. The molecular weight excluding hydrogens is 318 g/mol. The summed E-state index contributed by atoms with van der Waals surface area (Å²) in [5, 5.41) is 3.46. The number of hydrogen-bond acceptors (Lipinski definition) is 4. The monoisotopic (exact) mass is 339 g/mol. The number of rotatable bonds is 7. The Labute approximate surface area is 145 Å². The standard InChI is InChI=1S/C18H21N5O2/c1-14-4-2-5-15-17(14)21-13-23(18(15)25)10-6-16(24)20-7-3-9-22-11-8-19-12-22/h2,4-5,8,11-13H,3,6-7,9-10H2,1H3,(H,20,24). The fraction of sp³-hybridized carbons (Fsp3) is 0.333. The molecule has 25 heavy (non-hydrogen) atoms. The van der Waals surface area contributed by atoms with E-state index in [0.717, 1.165) is 18.5 Å². The predicted octanol–water partition coefficient (Wildman–Crippen LogP) is 1.50. The molecule has 0 saturated carbocycles. The van der Waals surface area contributed by atoms with Crippen molar-refractivity contribution in [2.45, 2.75) is 32.9 Å². The van der Waals surface area contributed by atoms with E-state index in [1.54, 1.807) is 18.6 Å². The topological polar surface area (TPSA) is 81.8 Å². The quantitative estimate of drug-likeness (QED) is 0.661. The molecule has 1 aromatic carbocycles. The van der Waals surface area contributed by atoms with Gasteiger partial charge in [-0.1, -0.05) is 12.1 Å². The van der Waals surface area contributed by atoms with Crippen LogP contribution in [0.15, 0.2) is 48.0 Å². The molecule has 0 unspecified atom stereocenters. The van der Waals surface area contributed by atoms with Crippen LogP contribution in [0.2, 0.25) is 0 Å². The summed E-state index contributed by atoms with van der Waals surface area (Å²) in [7, 11) is 0. The van der Waals surface area contributed by atoms with Gasteiger partial charge in [-0.15, -0.1) is 0 Å². The molecule has 7 heteroatoms. The molecule has 0 atom stereocenters. The summed E-state index contributed by atoms with van der Waals surface area (Å²) < 4.78 is 3.46. The van der Waals surface area contributed by atoms with Crippen LogP contribution in [0, 0.1) is 6.92 Å². The van der Waals surface area contributed by atoms with Gasteiger partial charge in [-0.25, -0.2) is 9.97 Å². The summed E-state index contributed by atoms with van der Waals surface area (Å²) >= 11 is 0. The first-order valence-electron chi connectivity index (χ1n) is 8.32. The van der Waals surface area contributed by atoms with Crippen LogP contribution in [0.1, 0.15) is 18.4 Å². The largest absolute Gasteiger partial charge is 0.356 e. The van der Waals surface area contributed by atoms with Crippen molar-refractivity contribution in [3.63, 3.8) is 0 Å². The molecule has 0 fully saturated rings. The number of amides is 1. The van der Waals surface area contributed by atoms with Crippen LogP contribution in [0.4, 0.5) is 0 Å². The molecule has 7 nitrogen and oxygen atoms in total. The highest BCUT2D eigenvalue weighted by molar-refractivity contribution is 5.80. The number of imidazole rings is 1. The van der Waals surface area contributed by atoms with Gasteiger partial charge in [0.15, 0.2) is 0 Å². The van der Waals surface area contributed by atoms with Crippen LogP contribution in [0.25, 0.3) is 10.9 Å². The van der Waals surface area contributed by atoms with E-state index >= 15 is 0 Å². The zero-order valence-electron chi connectivity index (χ0n) is 14.2. The van der Waals surface area contributed by atoms with E-state index in [-0.39, 0.29) is 17.9 Å². The Hall–Kier alpha value is -2.96. The Kier molecular flexibility index (Phi) is 5.23. The van der Waals surface area contributed by atoms with Crippen LogP contribution in [0.5, 0.6) is 0 Å². The molecule has 0 spiro atoms. The number of aryl methyl sites for hydroxylation is 3. The second kappa shape index (κ2) is 7.74. The highest BCUT2D eigenvalue weighted by Crippen LogP contribution is 2.11. The molecule has 130 valence electrons. The smallest absolute Gasteiger partial charge is 0.261 e. The molecule has 0 aliphatic carbocycles. The third-order valence-electron chi connectivity index (χ3n) is 4.11. The number of fused-ring (bicyclic) bond motifs is 1. The van der Waals surface area contributed by atoms with E-state index in [2.05, 4.69) is 15.3 Å². The van der Waals surface area contributed by atoms with Crippen molar-refractivity contribution in [3.05, 3.63) is 59.2 Å². The van der Waals surface area contributed by atoms with Gasteiger partial charge >= 0.3 is 0 Å². The number of benzene rings is 1. The summed E-state index contributed by atoms with van der Waals surface area (Å²) in [5.41, 5.74) is 1.58. The Morgan fingerprint density at radius 1 is 1.24 bits per heavy atom. The summed E-state index contributed by atoms with van der Waals surface area (Å²) in [4.78, 5) is 32.7. The van der Waals surface area contributed by atoms with Crippen molar-refractivity contribution < 1.29 is 4.79 Å². The van der Waals surface area contributed by atoms with Gasteiger partial charge in [-0.3, -0.25) is 14.2 Å². The average molecular weight is 339 g/mol. The summed E-state index contributed by atoms with van der Waals surface area (Å²) in [6, 6.07) is 5.54. The lowest BCUT2D eigenvalue weighted by molar-refractivity contribution is -0.121. The van der Waals surface area contributed by atoms with Crippen LogP contribution in [-0.2, 0) is 17.9 Å². The van der Waals surface area contributed by atoms with Gasteiger partial charge in [-0.2, -0.15) is 0 Å². The van der Waals surface area contributed by atoms with Gasteiger partial charge in [0.2, 0.25) is 5.91 Å². The fourth-order valence-corrected chi connectivity index (χ4v) is 2.72. The molecule has 0 bridgehead atoms. The van der Waals surface area contributed by atoms with E-state index < -0.39 is 0 Å². The second-order valence-electron chi connectivity index (χ2n) is 5.97. The molecule has 0 saturated heterocycles. The molecule has 0 radical (unpaired) electrons. The molecule has 2 heterocycles. The fourth-order valence-electron chi connectivity index (χ4n) is 2.72. The molecule has 1 amide bonds. The number of hydrogen-bond donors (Lipinski definition) is 1. The van der Waals surface area contributed by atoms with Crippen LogP contribution < -0.4 is 10.9 Å². The van der Waals surface area contributed by atoms with Crippen LogP contribution in [-0.4, -0.2) is 31.6 Å². The van der Waals surface area contributed by atoms with Gasteiger partial charge in [-0.05, 0) is 25.0 Å². The number of nitrogens with one attached hydrogen (secondary N) is 1. The van der Waals surface area contributed by atoms with E-state index in [1.165, 1.54) is 10.9 Å². The maximum atomic E-state index is 12.5. The molecule has 0 aliphatic heterocycles. The maximum absolute atomic E-state index is 12.5. The average Bonchev–Trinajstić information content (AvgIpc) is 3.12. The lowest BCUT2D eigenvalue weighted by Crippen LogP contribution is -2.28. The van der Waals surface area contributed by atoms with Crippen molar-refractivity contribution in [1.82, 2.24) is 24.4 Å². The van der Waals surface area contributed by atoms with E-state index in [4.69, 9.17) is 0 Å². The number of para-hydroxylation sites is 1. The first-order chi connectivity index (χ1) is 12.1. The van der Waals surface area contributed by atoms with E-state index in [1.807, 2.05) is 29.8 Å². The summed E-state index contributed by atoms with van der Waals surface area (Å²) in [6.07, 6.45) is 7.98. The number of carbonyl (C=O) groups is 1. The van der Waals surface area contributed by atoms with Gasteiger partial charge in [0.25, 0.3) is 5.56 Å². The van der Waals surface area contributed by atoms with E-state index in [0.29, 0.717) is 24.0 Å². The minimum Gasteiger partial charge on any atom is -0.356 e.